The lowest BCUT2D eigenvalue weighted by Crippen LogP contribution is -2.39. The summed E-state index contributed by atoms with van der Waals surface area (Å²) in [4.78, 5) is 12.1. The maximum Gasteiger partial charge on any atom is 0.251 e. The molecule has 0 saturated heterocycles. The number of aryl methyl sites for hydroxylation is 2. The summed E-state index contributed by atoms with van der Waals surface area (Å²) in [5.74, 6) is 0.500. The van der Waals surface area contributed by atoms with Gasteiger partial charge in [0.25, 0.3) is 5.91 Å². The van der Waals surface area contributed by atoms with Crippen LogP contribution in [-0.4, -0.2) is 16.4 Å². The second-order valence-corrected chi connectivity index (χ2v) is 5.68. The third-order valence-corrected chi connectivity index (χ3v) is 3.86. The predicted molar refractivity (Wildman–Crippen MR) is 80.9 cm³/mol. The Balaban J connectivity index is 2.82. The van der Waals surface area contributed by atoms with E-state index in [4.69, 9.17) is 0 Å². The molecule has 0 aliphatic rings. The largest absolute Gasteiger partial charge is 0.348 e. The van der Waals surface area contributed by atoms with E-state index in [9.17, 15) is 4.79 Å². The maximum absolute atomic E-state index is 12.1. The first kappa shape index (κ1) is 14.5. The van der Waals surface area contributed by atoms with Crippen LogP contribution < -0.4 is 5.32 Å². The fraction of sp³-hybridized carbons (Fsp3) is 0.500. The number of benzene rings is 1. The van der Waals surface area contributed by atoms with E-state index in [2.05, 4.69) is 41.8 Å². The Kier molecular flexibility index (Phi) is 5.43. The molecule has 1 unspecified atom stereocenters. The Morgan fingerprint density at radius 3 is 2.47 bits per heavy atom. The van der Waals surface area contributed by atoms with Crippen LogP contribution in [0.1, 0.15) is 35.3 Å². The minimum atomic E-state index is 0.0397. The molecule has 1 N–H and O–H groups in total. The van der Waals surface area contributed by atoms with Crippen molar-refractivity contribution in [3.8, 4) is 0 Å². The molecule has 2 nitrogen and oxygen atoms in total. The summed E-state index contributed by atoms with van der Waals surface area (Å²) < 4.78 is 0.937. The number of hydrogen-bond acceptors (Lipinski definition) is 1. The second kappa shape index (κ2) is 6.38. The van der Waals surface area contributed by atoms with Gasteiger partial charge >= 0.3 is 0 Å². The lowest BCUT2D eigenvalue weighted by Gasteiger charge is -2.20. The number of nitrogens with one attached hydrogen (secondary N) is 1. The first-order chi connectivity index (χ1) is 7.95. The summed E-state index contributed by atoms with van der Waals surface area (Å²) in [5, 5.41) is 3.10. The third-order valence-electron chi connectivity index (χ3n) is 2.91. The average molecular weight is 345 g/mol. The average Bonchev–Trinajstić information content (AvgIpc) is 2.24. The summed E-state index contributed by atoms with van der Waals surface area (Å²) >= 11 is 2.32. The highest BCUT2D eigenvalue weighted by molar-refractivity contribution is 14.1. The van der Waals surface area contributed by atoms with E-state index in [-0.39, 0.29) is 11.9 Å². The molecule has 1 aromatic rings. The molecule has 0 radical (unpaired) electrons. The standard InChI is InChI=1S/C14H20INO/c1-9(2)13(8-15)16-14(17)12-6-5-10(3)7-11(12)4/h5-7,9,13H,8H2,1-4H3,(H,16,17). The van der Waals surface area contributed by atoms with Crippen LogP contribution in [0.4, 0.5) is 0 Å². The van der Waals surface area contributed by atoms with Crippen LogP contribution in [0.5, 0.6) is 0 Å². The highest BCUT2D eigenvalue weighted by Crippen LogP contribution is 2.12. The molecule has 0 fully saturated rings. The van der Waals surface area contributed by atoms with Crippen molar-refractivity contribution in [3.63, 3.8) is 0 Å². The van der Waals surface area contributed by atoms with Gasteiger partial charge in [-0.1, -0.05) is 54.1 Å². The second-order valence-electron chi connectivity index (χ2n) is 4.80. The van der Waals surface area contributed by atoms with E-state index in [1.54, 1.807) is 0 Å². The molecule has 0 heterocycles. The Bertz CT molecular complexity index is 401. The molecule has 3 heteroatoms. The Hall–Kier alpha value is -0.580. The number of hydrogen-bond donors (Lipinski definition) is 1. The minimum absolute atomic E-state index is 0.0397. The van der Waals surface area contributed by atoms with Crippen molar-refractivity contribution in [1.82, 2.24) is 5.32 Å². The highest BCUT2D eigenvalue weighted by Gasteiger charge is 2.16. The van der Waals surface area contributed by atoms with E-state index >= 15 is 0 Å². The van der Waals surface area contributed by atoms with Crippen LogP contribution in [0.3, 0.4) is 0 Å². The van der Waals surface area contributed by atoms with Crippen molar-refractivity contribution >= 4 is 28.5 Å². The fourth-order valence-electron chi connectivity index (χ4n) is 1.70. The molecule has 1 amide bonds. The monoisotopic (exact) mass is 345 g/mol. The Morgan fingerprint density at radius 1 is 1.35 bits per heavy atom. The van der Waals surface area contributed by atoms with E-state index in [0.717, 1.165) is 15.6 Å². The number of carbonyl (C=O) groups is 1. The van der Waals surface area contributed by atoms with Crippen molar-refractivity contribution in [2.45, 2.75) is 33.7 Å². The van der Waals surface area contributed by atoms with Crippen molar-refractivity contribution in [2.24, 2.45) is 5.92 Å². The number of amides is 1. The zero-order valence-electron chi connectivity index (χ0n) is 10.9. The molecule has 1 atom stereocenters. The van der Waals surface area contributed by atoms with Gasteiger partial charge in [0.15, 0.2) is 0 Å². The minimum Gasteiger partial charge on any atom is -0.348 e. The third kappa shape index (κ3) is 3.98. The summed E-state index contributed by atoms with van der Waals surface area (Å²) in [5.41, 5.74) is 3.01. The molecule has 0 aromatic heterocycles. The Morgan fingerprint density at radius 2 is 2.00 bits per heavy atom. The molecule has 1 aromatic carbocycles. The number of rotatable bonds is 4. The number of carbonyl (C=O) groups excluding carboxylic acids is 1. The lowest BCUT2D eigenvalue weighted by molar-refractivity contribution is 0.0931. The lowest BCUT2D eigenvalue weighted by atomic mass is 10.0. The van der Waals surface area contributed by atoms with Crippen LogP contribution in [0.15, 0.2) is 18.2 Å². The van der Waals surface area contributed by atoms with E-state index in [1.165, 1.54) is 5.56 Å². The molecule has 0 saturated carbocycles. The molecule has 0 aliphatic heterocycles. The van der Waals surface area contributed by atoms with Crippen LogP contribution in [0, 0.1) is 19.8 Å². The van der Waals surface area contributed by atoms with E-state index in [0.29, 0.717) is 5.92 Å². The SMILES string of the molecule is Cc1ccc(C(=O)NC(CI)C(C)C)c(C)c1. The Labute approximate surface area is 117 Å². The van der Waals surface area contributed by atoms with Crippen LogP contribution in [0.2, 0.25) is 0 Å². The van der Waals surface area contributed by atoms with Crippen molar-refractivity contribution in [2.75, 3.05) is 4.43 Å². The normalized spacial score (nSPS) is 12.6. The fourth-order valence-corrected chi connectivity index (χ4v) is 2.94. The van der Waals surface area contributed by atoms with Gasteiger partial charge in [-0.3, -0.25) is 4.79 Å². The van der Waals surface area contributed by atoms with Crippen LogP contribution in [-0.2, 0) is 0 Å². The van der Waals surface area contributed by atoms with E-state index in [1.807, 2.05) is 32.0 Å². The summed E-state index contributed by atoms with van der Waals surface area (Å²) in [6, 6.07) is 6.17. The molecule has 94 valence electrons. The van der Waals surface area contributed by atoms with Gasteiger partial charge in [0.1, 0.15) is 0 Å². The topological polar surface area (TPSA) is 29.1 Å². The van der Waals surface area contributed by atoms with E-state index < -0.39 is 0 Å². The zero-order valence-corrected chi connectivity index (χ0v) is 13.0. The van der Waals surface area contributed by atoms with Crippen LogP contribution in [0.25, 0.3) is 0 Å². The summed E-state index contributed by atoms with van der Waals surface area (Å²) in [7, 11) is 0. The predicted octanol–water partition coefficient (Wildman–Crippen LogP) is 3.49. The smallest absolute Gasteiger partial charge is 0.251 e. The number of halogens is 1. The van der Waals surface area contributed by atoms with Gasteiger partial charge in [-0.25, -0.2) is 0 Å². The van der Waals surface area contributed by atoms with Gasteiger partial charge in [0, 0.05) is 16.0 Å². The summed E-state index contributed by atoms with van der Waals surface area (Å²) in [6.45, 7) is 8.28. The molecule has 0 spiro atoms. The first-order valence-corrected chi connectivity index (χ1v) is 7.42. The van der Waals surface area contributed by atoms with Crippen LogP contribution >= 0.6 is 22.6 Å². The van der Waals surface area contributed by atoms with Gasteiger partial charge < -0.3 is 5.32 Å². The quantitative estimate of drug-likeness (QED) is 0.657. The molecule has 1 rings (SSSR count). The van der Waals surface area contributed by atoms with Crippen molar-refractivity contribution in [1.29, 1.82) is 0 Å². The zero-order chi connectivity index (χ0) is 13.0. The van der Waals surface area contributed by atoms with Gasteiger partial charge in [0.2, 0.25) is 0 Å². The first-order valence-electron chi connectivity index (χ1n) is 5.89. The summed E-state index contributed by atoms with van der Waals surface area (Å²) in [6.07, 6.45) is 0. The van der Waals surface area contributed by atoms with Crippen molar-refractivity contribution in [3.05, 3.63) is 34.9 Å². The highest BCUT2D eigenvalue weighted by atomic mass is 127. The number of alkyl halides is 1. The van der Waals surface area contributed by atoms with Gasteiger partial charge in [-0.2, -0.15) is 0 Å². The van der Waals surface area contributed by atoms with Crippen molar-refractivity contribution < 1.29 is 4.79 Å². The molecule has 17 heavy (non-hydrogen) atoms. The maximum atomic E-state index is 12.1. The molecular weight excluding hydrogens is 325 g/mol. The van der Waals surface area contributed by atoms with Gasteiger partial charge in [-0.15, -0.1) is 0 Å². The molecule has 0 aliphatic carbocycles. The molecular formula is C14H20INO. The van der Waals surface area contributed by atoms with Gasteiger partial charge in [0.05, 0.1) is 0 Å². The van der Waals surface area contributed by atoms with Gasteiger partial charge in [-0.05, 0) is 31.4 Å². The molecule has 0 bridgehead atoms.